The number of anilines is 2. The maximum Gasteiger partial charge on any atom is 0.270 e. The summed E-state index contributed by atoms with van der Waals surface area (Å²) in [6.07, 6.45) is 0. The highest BCUT2D eigenvalue weighted by molar-refractivity contribution is 6.05. The number of hydrogen-bond acceptors (Lipinski definition) is 4. The molecule has 30 heavy (non-hydrogen) atoms. The highest BCUT2D eigenvalue weighted by Crippen LogP contribution is 2.31. The third kappa shape index (κ3) is 5.55. The number of nitrogens with zero attached hydrogens (tertiary/aromatic N) is 2. The quantitative estimate of drug-likeness (QED) is 0.743. The molecule has 1 saturated heterocycles. The van der Waals surface area contributed by atoms with E-state index in [1.807, 2.05) is 13.0 Å². The Morgan fingerprint density at radius 1 is 1.10 bits per heavy atom. The van der Waals surface area contributed by atoms with Crippen LogP contribution in [-0.2, 0) is 12.5 Å². The monoisotopic (exact) mass is 416 g/mol. The van der Waals surface area contributed by atoms with Crippen LogP contribution in [-0.4, -0.2) is 56.0 Å². The van der Waals surface area contributed by atoms with E-state index in [0.29, 0.717) is 17.8 Å². The van der Waals surface area contributed by atoms with Gasteiger partial charge in [-0.15, -0.1) is 0 Å². The van der Waals surface area contributed by atoms with Gasteiger partial charge in [-0.25, -0.2) is 8.78 Å². The van der Waals surface area contributed by atoms with Crippen molar-refractivity contribution in [2.24, 2.45) is 0 Å². The molecule has 1 fully saturated rings. The second kappa shape index (κ2) is 9.10. The van der Waals surface area contributed by atoms with Crippen LogP contribution in [0.1, 0.15) is 34.0 Å². The number of carbonyl (C=O) groups excluding carboxylic acids is 1. The van der Waals surface area contributed by atoms with E-state index in [9.17, 15) is 13.6 Å². The van der Waals surface area contributed by atoms with E-state index in [4.69, 9.17) is 0 Å². The van der Waals surface area contributed by atoms with Gasteiger partial charge >= 0.3 is 0 Å². The average molecular weight is 417 g/mol. The molecule has 1 heterocycles. The predicted molar refractivity (Wildman–Crippen MR) is 117 cm³/mol. The Morgan fingerprint density at radius 2 is 1.80 bits per heavy atom. The summed E-state index contributed by atoms with van der Waals surface area (Å²) in [6, 6.07) is 10.0. The molecule has 0 saturated carbocycles. The van der Waals surface area contributed by atoms with Crippen molar-refractivity contribution in [1.82, 2.24) is 9.80 Å². The van der Waals surface area contributed by atoms with Crippen molar-refractivity contribution in [3.05, 3.63) is 58.7 Å². The van der Waals surface area contributed by atoms with Crippen LogP contribution in [0, 0.1) is 6.92 Å². The van der Waals surface area contributed by atoms with Gasteiger partial charge in [-0.3, -0.25) is 9.69 Å². The second-order valence-corrected chi connectivity index (χ2v) is 8.12. The summed E-state index contributed by atoms with van der Waals surface area (Å²) in [5.41, 5.74) is 3.41. The van der Waals surface area contributed by atoms with Gasteiger partial charge in [-0.2, -0.15) is 0 Å². The van der Waals surface area contributed by atoms with Crippen LogP contribution in [0.15, 0.2) is 36.4 Å². The van der Waals surface area contributed by atoms with Crippen LogP contribution in [0.25, 0.3) is 0 Å². The SMILES string of the molecule is CNc1cc(C(=O)Nc2cc(CN3CCN(C)CC3)cc(C(C)(F)F)c2)ccc1C. The molecule has 0 spiro atoms. The minimum Gasteiger partial charge on any atom is -0.388 e. The third-order valence-corrected chi connectivity index (χ3v) is 5.53. The van der Waals surface area contributed by atoms with Gasteiger partial charge in [0.25, 0.3) is 11.8 Å². The van der Waals surface area contributed by atoms with Crippen LogP contribution in [0.5, 0.6) is 0 Å². The highest BCUT2D eigenvalue weighted by atomic mass is 19.3. The summed E-state index contributed by atoms with van der Waals surface area (Å²) in [5.74, 6) is -3.31. The number of halogens is 2. The van der Waals surface area contributed by atoms with Gasteiger partial charge in [0.15, 0.2) is 0 Å². The number of likely N-dealkylation sites (N-methyl/N-ethyl adjacent to an activating group) is 1. The fourth-order valence-corrected chi connectivity index (χ4v) is 3.61. The second-order valence-electron chi connectivity index (χ2n) is 8.12. The van der Waals surface area contributed by atoms with E-state index in [1.54, 1.807) is 31.3 Å². The summed E-state index contributed by atoms with van der Waals surface area (Å²) in [4.78, 5) is 17.2. The standard InChI is InChI=1S/C23H30F2N4O/c1-16-5-6-18(13-21(16)26-3)22(30)27-20-12-17(11-19(14-20)23(2,24)25)15-29-9-7-28(4)8-10-29/h5-6,11-14,26H,7-10,15H2,1-4H3,(H,27,30). The van der Waals surface area contributed by atoms with Crippen molar-refractivity contribution in [2.45, 2.75) is 26.3 Å². The lowest BCUT2D eigenvalue weighted by atomic mass is 10.0. The van der Waals surface area contributed by atoms with Gasteiger partial charge in [0, 0.05) is 69.2 Å². The summed E-state index contributed by atoms with van der Waals surface area (Å²) in [7, 11) is 3.87. The molecule has 2 aromatic carbocycles. The van der Waals surface area contributed by atoms with Crippen molar-refractivity contribution in [3.63, 3.8) is 0 Å². The summed E-state index contributed by atoms with van der Waals surface area (Å²) < 4.78 is 28.2. The van der Waals surface area contributed by atoms with Gasteiger partial charge in [0.2, 0.25) is 0 Å². The Balaban J connectivity index is 1.83. The van der Waals surface area contributed by atoms with E-state index in [-0.39, 0.29) is 11.5 Å². The van der Waals surface area contributed by atoms with Crippen molar-refractivity contribution in [3.8, 4) is 0 Å². The molecule has 0 aromatic heterocycles. The molecule has 0 unspecified atom stereocenters. The molecule has 1 amide bonds. The summed E-state index contributed by atoms with van der Waals surface area (Å²) in [6.45, 7) is 7.10. The Bertz CT molecular complexity index is 903. The Hall–Kier alpha value is -2.51. The molecule has 0 atom stereocenters. The fourth-order valence-electron chi connectivity index (χ4n) is 3.61. The number of rotatable bonds is 6. The Kier molecular flexibility index (Phi) is 6.73. The normalized spacial score (nSPS) is 15.8. The number of nitrogens with one attached hydrogen (secondary N) is 2. The van der Waals surface area contributed by atoms with Gasteiger partial charge in [-0.1, -0.05) is 6.07 Å². The molecule has 0 bridgehead atoms. The molecule has 3 rings (SSSR count). The van der Waals surface area contributed by atoms with E-state index in [1.165, 1.54) is 6.07 Å². The number of carbonyl (C=O) groups is 1. The molecular weight excluding hydrogens is 386 g/mol. The topological polar surface area (TPSA) is 47.6 Å². The number of alkyl halides is 2. The first-order valence-corrected chi connectivity index (χ1v) is 10.2. The van der Waals surface area contributed by atoms with E-state index in [2.05, 4.69) is 27.5 Å². The van der Waals surface area contributed by atoms with Crippen LogP contribution in [0.3, 0.4) is 0 Å². The third-order valence-electron chi connectivity index (χ3n) is 5.53. The first-order chi connectivity index (χ1) is 14.2. The fraction of sp³-hybridized carbons (Fsp3) is 0.435. The number of amides is 1. The Morgan fingerprint density at radius 3 is 2.43 bits per heavy atom. The van der Waals surface area contributed by atoms with Crippen LogP contribution < -0.4 is 10.6 Å². The summed E-state index contributed by atoms with van der Waals surface area (Å²) >= 11 is 0. The number of aryl methyl sites for hydroxylation is 1. The summed E-state index contributed by atoms with van der Waals surface area (Å²) in [5, 5.41) is 5.85. The van der Waals surface area contributed by atoms with Crippen molar-refractivity contribution in [1.29, 1.82) is 0 Å². The van der Waals surface area contributed by atoms with Gasteiger partial charge in [-0.05, 0) is 55.4 Å². The number of piperazine rings is 1. The van der Waals surface area contributed by atoms with E-state index < -0.39 is 5.92 Å². The minimum atomic E-state index is -2.99. The first kappa shape index (κ1) is 22.2. The zero-order chi connectivity index (χ0) is 21.9. The average Bonchev–Trinajstić information content (AvgIpc) is 2.69. The van der Waals surface area contributed by atoms with Crippen molar-refractivity contribution >= 4 is 17.3 Å². The number of hydrogen-bond donors (Lipinski definition) is 2. The highest BCUT2D eigenvalue weighted by Gasteiger charge is 2.26. The van der Waals surface area contributed by atoms with E-state index in [0.717, 1.165) is 49.9 Å². The smallest absolute Gasteiger partial charge is 0.270 e. The molecule has 1 aliphatic heterocycles. The minimum absolute atomic E-state index is 0.0933. The molecule has 0 radical (unpaired) electrons. The largest absolute Gasteiger partial charge is 0.388 e. The molecule has 2 aromatic rings. The van der Waals surface area contributed by atoms with Gasteiger partial charge in [0.1, 0.15) is 0 Å². The molecule has 5 nitrogen and oxygen atoms in total. The van der Waals surface area contributed by atoms with Crippen LogP contribution in [0.2, 0.25) is 0 Å². The molecule has 2 N–H and O–H groups in total. The van der Waals surface area contributed by atoms with Crippen molar-refractivity contribution < 1.29 is 13.6 Å². The first-order valence-electron chi connectivity index (χ1n) is 10.2. The molecule has 1 aliphatic rings. The maximum atomic E-state index is 14.1. The zero-order valence-corrected chi connectivity index (χ0v) is 18.1. The van der Waals surface area contributed by atoms with Gasteiger partial charge < -0.3 is 15.5 Å². The van der Waals surface area contributed by atoms with Gasteiger partial charge in [0.05, 0.1) is 0 Å². The molecular formula is C23H30F2N4O. The molecule has 7 heteroatoms. The molecule has 162 valence electrons. The predicted octanol–water partition coefficient (Wildman–Crippen LogP) is 4.15. The van der Waals surface area contributed by atoms with Crippen LogP contribution >= 0.6 is 0 Å². The lowest BCUT2D eigenvalue weighted by molar-refractivity contribution is 0.0173. The Labute approximate surface area is 177 Å². The number of benzene rings is 2. The maximum absolute atomic E-state index is 14.1. The lowest BCUT2D eigenvalue weighted by Gasteiger charge is -2.32. The lowest BCUT2D eigenvalue weighted by Crippen LogP contribution is -2.43. The van der Waals surface area contributed by atoms with E-state index >= 15 is 0 Å². The molecule has 0 aliphatic carbocycles. The zero-order valence-electron chi connectivity index (χ0n) is 18.1. The van der Waals surface area contributed by atoms with Crippen LogP contribution in [0.4, 0.5) is 20.2 Å². The van der Waals surface area contributed by atoms with Crippen molar-refractivity contribution in [2.75, 3.05) is 50.9 Å².